The average molecular weight is 740 g/mol. The summed E-state index contributed by atoms with van der Waals surface area (Å²) in [4.78, 5) is 35.7. The molecule has 2 fully saturated rings. The molecule has 5 unspecified atom stereocenters. The summed E-state index contributed by atoms with van der Waals surface area (Å²) >= 11 is 0. The molecular weight excluding hydrogens is 677 g/mol. The third-order valence-corrected chi connectivity index (χ3v) is 10.00. The molecular formula is C39H62BN5O8. The van der Waals surface area contributed by atoms with E-state index in [0.29, 0.717) is 19.3 Å². The molecule has 0 radical (unpaired) electrons. The van der Waals surface area contributed by atoms with Crippen LogP contribution in [0, 0.1) is 5.92 Å². The molecule has 1 aromatic carbocycles. The zero-order chi connectivity index (χ0) is 38.2. The zero-order valence-electron chi connectivity index (χ0n) is 32.0. The lowest BCUT2D eigenvalue weighted by atomic mass is 9.74. The Morgan fingerprint density at radius 3 is 2.21 bits per heavy atom. The molecule has 13 nitrogen and oxygen atoms in total. The van der Waals surface area contributed by atoms with Crippen molar-refractivity contribution >= 4 is 18.9 Å². The molecule has 2 aliphatic heterocycles. The summed E-state index contributed by atoms with van der Waals surface area (Å²) < 4.78 is 18.7. The fourth-order valence-electron chi connectivity index (χ4n) is 6.99. The molecule has 2 aromatic rings. The number of benzene rings is 1. The molecule has 5 N–H and O–H groups in total. The van der Waals surface area contributed by atoms with Gasteiger partial charge >= 0.3 is 7.12 Å². The fourth-order valence-corrected chi connectivity index (χ4v) is 6.99. The Hall–Kier alpha value is -2.98. The van der Waals surface area contributed by atoms with Crippen molar-refractivity contribution < 1.29 is 39.0 Å². The lowest BCUT2D eigenvalue weighted by Gasteiger charge is -2.29. The molecule has 1 aromatic heterocycles. The molecule has 0 bridgehead atoms. The van der Waals surface area contributed by atoms with Crippen molar-refractivity contribution in [3.05, 3.63) is 60.2 Å². The number of carbonyl (C=O) groups is 2. The highest BCUT2D eigenvalue weighted by Crippen LogP contribution is 2.31. The number of rotatable bonds is 25. The van der Waals surface area contributed by atoms with E-state index in [1.54, 1.807) is 7.05 Å². The van der Waals surface area contributed by atoms with E-state index in [0.717, 1.165) is 24.8 Å². The second-order valence-corrected chi connectivity index (χ2v) is 15.0. The van der Waals surface area contributed by atoms with Crippen LogP contribution >= 0.6 is 0 Å². The average Bonchev–Trinajstić information content (AvgIpc) is 3.78. The Kier molecular flexibility index (Phi) is 18.1. The molecule has 4 rings (SSSR count). The van der Waals surface area contributed by atoms with Gasteiger partial charge in [-0.15, -0.1) is 0 Å². The third-order valence-electron chi connectivity index (χ3n) is 10.00. The number of unbranched alkanes of at least 4 members (excludes halogenated alkanes) is 8. The molecule has 14 heteroatoms. The van der Waals surface area contributed by atoms with Gasteiger partial charge in [0.2, 0.25) is 5.91 Å². The van der Waals surface area contributed by atoms with Gasteiger partial charge in [-0.05, 0) is 30.7 Å². The Bertz CT molecular complexity index is 1350. The van der Waals surface area contributed by atoms with Crippen molar-refractivity contribution in [2.24, 2.45) is 5.92 Å². The molecule has 294 valence electrons. The number of nitrogens with one attached hydrogen (secondary N) is 2. The molecule has 0 saturated carbocycles. The Balaban J connectivity index is 1.34. The van der Waals surface area contributed by atoms with E-state index >= 15 is 0 Å². The van der Waals surface area contributed by atoms with Crippen molar-refractivity contribution in [3.63, 3.8) is 0 Å². The summed E-state index contributed by atoms with van der Waals surface area (Å²) in [5, 5.41) is 38.5. The van der Waals surface area contributed by atoms with Crippen LogP contribution in [0.25, 0.3) is 0 Å². The quantitative estimate of drug-likeness (QED) is 0.0573. The molecule has 2 saturated heterocycles. The van der Waals surface area contributed by atoms with Crippen LogP contribution < -0.4 is 10.6 Å². The standard InChI is InChI=1S/C39H62BN5O8/c1-5-6-7-8-9-10-11-12-16-19-34(49)45(4)25-31(47)36-37(32(48)26-46)53-40(52-36)33(22-27(2)3)44-39-35(51-39)29(23-28-17-14-13-15-18-28)43-38(50)30-24-41-20-21-42-30/h13-15,17-18,20-21,24,27,29,31-33,35-37,39,44,46-48H,5-12,16,19,22-23,25-26H2,1-4H3,(H,43,50)/t29-,31?,32?,33-,35?,36?,37+,39?/m0/s1. The van der Waals surface area contributed by atoms with Gasteiger partial charge in [0.25, 0.3) is 5.91 Å². The second-order valence-electron chi connectivity index (χ2n) is 15.0. The Morgan fingerprint density at radius 1 is 0.925 bits per heavy atom. The first-order chi connectivity index (χ1) is 25.6. The highest BCUT2D eigenvalue weighted by molar-refractivity contribution is 6.47. The van der Waals surface area contributed by atoms with Gasteiger partial charge in [-0.2, -0.15) is 0 Å². The van der Waals surface area contributed by atoms with Gasteiger partial charge in [0, 0.05) is 38.3 Å². The number of aromatic nitrogens is 2. The minimum absolute atomic E-state index is 0.00556. The number of carbonyl (C=O) groups excluding carboxylic acids is 2. The summed E-state index contributed by atoms with van der Waals surface area (Å²) in [5.41, 5.74) is 1.23. The van der Waals surface area contributed by atoms with Crippen LogP contribution in [-0.2, 0) is 25.3 Å². The number of ether oxygens (including phenoxy) is 1. The van der Waals surface area contributed by atoms with Gasteiger partial charge in [-0.3, -0.25) is 19.9 Å². The molecule has 53 heavy (non-hydrogen) atoms. The van der Waals surface area contributed by atoms with Crippen LogP contribution in [0.5, 0.6) is 0 Å². The van der Waals surface area contributed by atoms with Crippen LogP contribution in [0.4, 0.5) is 0 Å². The number of likely N-dealkylation sites (N-methyl/N-ethyl adjacent to an activating group) is 1. The maximum atomic E-state index is 13.1. The van der Waals surface area contributed by atoms with Crippen LogP contribution in [0.3, 0.4) is 0 Å². The van der Waals surface area contributed by atoms with Gasteiger partial charge in [0.15, 0.2) is 0 Å². The highest BCUT2D eigenvalue weighted by atomic mass is 16.7. The summed E-state index contributed by atoms with van der Waals surface area (Å²) in [6.07, 6.45) is 11.1. The van der Waals surface area contributed by atoms with Crippen LogP contribution in [-0.4, -0.2) is 118 Å². The van der Waals surface area contributed by atoms with Gasteiger partial charge in [-0.1, -0.05) is 102 Å². The Labute approximate surface area is 315 Å². The largest absolute Gasteiger partial charge is 0.475 e. The maximum Gasteiger partial charge on any atom is 0.475 e. The van der Waals surface area contributed by atoms with Gasteiger partial charge in [-0.25, -0.2) is 4.98 Å². The molecule has 2 amide bonds. The van der Waals surface area contributed by atoms with Crippen molar-refractivity contribution in [3.8, 4) is 0 Å². The van der Waals surface area contributed by atoms with Crippen LogP contribution in [0.1, 0.15) is 107 Å². The predicted molar refractivity (Wildman–Crippen MR) is 203 cm³/mol. The fraction of sp³-hybridized carbons (Fsp3) is 0.692. The molecule has 0 spiro atoms. The van der Waals surface area contributed by atoms with Gasteiger partial charge in [0.1, 0.15) is 24.1 Å². The molecule has 3 heterocycles. The third kappa shape index (κ3) is 14.0. The monoisotopic (exact) mass is 739 g/mol. The lowest BCUT2D eigenvalue weighted by Crippen LogP contribution is -2.50. The van der Waals surface area contributed by atoms with E-state index in [9.17, 15) is 24.9 Å². The Morgan fingerprint density at radius 2 is 1.58 bits per heavy atom. The topological polar surface area (TPSA) is 179 Å². The van der Waals surface area contributed by atoms with Crippen LogP contribution in [0.2, 0.25) is 0 Å². The summed E-state index contributed by atoms with van der Waals surface area (Å²) in [6, 6.07) is 9.43. The number of epoxide rings is 1. The number of nitrogens with zero attached hydrogens (tertiary/aromatic N) is 3. The number of amides is 2. The minimum atomic E-state index is -1.31. The van der Waals surface area contributed by atoms with E-state index in [2.05, 4.69) is 41.4 Å². The van der Waals surface area contributed by atoms with E-state index in [4.69, 9.17) is 14.0 Å². The van der Waals surface area contributed by atoms with E-state index in [1.807, 2.05) is 30.3 Å². The van der Waals surface area contributed by atoms with E-state index in [1.165, 1.54) is 62.0 Å². The van der Waals surface area contributed by atoms with Gasteiger partial charge in [0.05, 0.1) is 37.2 Å². The summed E-state index contributed by atoms with van der Waals surface area (Å²) in [6.45, 7) is 5.76. The number of aliphatic hydroxyl groups excluding tert-OH is 3. The second kappa shape index (κ2) is 22.4. The normalized spacial score (nSPS) is 22.0. The maximum absolute atomic E-state index is 13.1. The highest BCUT2D eigenvalue weighted by Gasteiger charge is 2.53. The smallest absolute Gasteiger partial charge is 0.402 e. The van der Waals surface area contributed by atoms with Crippen LogP contribution in [0.15, 0.2) is 48.9 Å². The zero-order valence-corrected chi connectivity index (χ0v) is 32.0. The minimum Gasteiger partial charge on any atom is -0.402 e. The first kappa shape index (κ1) is 42.8. The van der Waals surface area contributed by atoms with E-state index < -0.39 is 56.4 Å². The van der Waals surface area contributed by atoms with Crippen molar-refractivity contribution in [1.29, 1.82) is 0 Å². The van der Waals surface area contributed by atoms with Crippen molar-refractivity contribution in [2.75, 3.05) is 20.2 Å². The molecule has 8 atom stereocenters. The molecule has 2 aliphatic rings. The summed E-state index contributed by atoms with van der Waals surface area (Å²) in [7, 11) is 0.769. The SMILES string of the molecule is CCCCCCCCCCCC(=O)N(C)CC(O)C1OB([C@H](CC(C)C)NC2OC2[C@H](Cc2ccccc2)NC(=O)c2cnccn2)O[C@@H]1C(O)CO. The van der Waals surface area contributed by atoms with E-state index in [-0.39, 0.29) is 36.1 Å². The number of hydrogen-bond acceptors (Lipinski definition) is 11. The predicted octanol–water partition coefficient (Wildman–Crippen LogP) is 3.45. The number of aliphatic hydroxyl groups is 3. The lowest BCUT2D eigenvalue weighted by molar-refractivity contribution is -0.132. The molecule has 0 aliphatic carbocycles. The van der Waals surface area contributed by atoms with Crippen molar-refractivity contribution in [2.45, 2.75) is 147 Å². The first-order valence-electron chi connectivity index (χ1n) is 19.6. The number of hydrogen-bond donors (Lipinski definition) is 5. The first-order valence-corrected chi connectivity index (χ1v) is 19.6. The van der Waals surface area contributed by atoms with Gasteiger partial charge < -0.3 is 39.6 Å². The summed E-state index contributed by atoms with van der Waals surface area (Å²) in [5.74, 6) is -0.628. The van der Waals surface area contributed by atoms with Crippen molar-refractivity contribution in [1.82, 2.24) is 25.5 Å².